The van der Waals surface area contributed by atoms with Gasteiger partial charge in [0.15, 0.2) is 0 Å². The molecule has 0 saturated heterocycles. The minimum atomic E-state index is -0.886. The molecule has 1 unspecified atom stereocenters. The van der Waals surface area contributed by atoms with Crippen LogP contribution >= 0.6 is 0 Å². The third kappa shape index (κ3) is 5.93. The molecule has 0 aromatic carbocycles. The van der Waals surface area contributed by atoms with Gasteiger partial charge in [0.25, 0.3) is 0 Å². The maximum atomic E-state index is 11.4. The zero-order valence-corrected chi connectivity index (χ0v) is 9.62. The van der Waals surface area contributed by atoms with Crippen molar-refractivity contribution in [1.82, 2.24) is 10.2 Å². The van der Waals surface area contributed by atoms with E-state index in [-0.39, 0.29) is 12.6 Å². The van der Waals surface area contributed by atoms with Crippen molar-refractivity contribution < 1.29 is 14.7 Å². The molecule has 0 aliphatic heterocycles. The normalized spacial score (nSPS) is 11.9. The first-order chi connectivity index (χ1) is 6.99. The number of carboxylic acid groups (broad SMARTS) is 1. The molecule has 0 aliphatic carbocycles. The first-order valence-corrected chi connectivity index (χ1v) is 5.20. The number of carboxylic acids is 1. The van der Waals surface area contributed by atoms with Crippen LogP contribution in [0.4, 0.5) is 4.79 Å². The fourth-order valence-electron chi connectivity index (χ4n) is 1.08. The number of nitrogens with one attached hydrogen (secondary N) is 1. The highest BCUT2D eigenvalue weighted by Crippen LogP contribution is 1.98. The van der Waals surface area contributed by atoms with E-state index in [2.05, 4.69) is 5.32 Å². The average molecular weight is 216 g/mol. The first kappa shape index (κ1) is 13.7. The van der Waals surface area contributed by atoms with Crippen molar-refractivity contribution >= 4 is 12.0 Å². The second-order valence-corrected chi connectivity index (χ2v) is 3.71. The number of hydrogen-bond acceptors (Lipinski definition) is 2. The van der Waals surface area contributed by atoms with Crippen molar-refractivity contribution in [2.75, 3.05) is 20.1 Å². The summed E-state index contributed by atoms with van der Waals surface area (Å²) in [5.41, 5.74) is 0. The van der Waals surface area contributed by atoms with Gasteiger partial charge < -0.3 is 15.3 Å². The van der Waals surface area contributed by atoms with Crippen LogP contribution in [0.5, 0.6) is 0 Å². The van der Waals surface area contributed by atoms with Gasteiger partial charge in [-0.2, -0.15) is 0 Å². The third-order valence-electron chi connectivity index (χ3n) is 2.12. The fourth-order valence-corrected chi connectivity index (χ4v) is 1.08. The van der Waals surface area contributed by atoms with Crippen LogP contribution in [0.3, 0.4) is 0 Å². The van der Waals surface area contributed by atoms with Gasteiger partial charge in [0.05, 0.1) is 5.92 Å². The Hall–Kier alpha value is -1.26. The van der Waals surface area contributed by atoms with Crippen molar-refractivity contribution in [2.24, 2.45) is 5.92 Å². The molecule has 0 radical (unpaired) electrons. The van der Waals surface area contributed by atoms with E-state index >= 15 is 0 Å². The van der Waals surface area contributed by atoms with Gasteiger partial charge in [-0.25, -0.2) is 4.79 Å². The molecule has 5 heteroatoms. The topological polar surface area (TPSA) is 69.6 Å². The van der Waals surface area contributed by atoms with Crippen LogP contribution < -0.4 is 5.32 Å². The quantitative estimate of drug-likeness (QED) is 0.654. The lowest BCUT2D eigenvalue weighted by atomic mass is 10.2. The Balaban J connectivity index is 3.83. The predicted octanol–water partition coefficient (Wildman–Crippen LogP) is 1.15. The largest absolute Gasteiger partial charge is 0.481 e. The van der Waals surface area contributed by atoms with E-state index in [1.54, 1.807) is 14.0 Å². The van der Waals surface area contributed by atoms with Crippen LogP contribution in [-0.4, -0.2) is 42.1 Å². The molecule has 0 fully saturated rings. The highest BCUT2D eigenvalue weighted by atomic mass is 16.4. The Morgan fingerprint density at radius 2 is 2.07 bits per heavy atom. The van der Waals surface area contributed by atoms with Gasteiger partial charge in [0, 0.05) is 20.1 Å². The van der Waals surface area contributed by atoms with E-state index in [4.69, 9.17) is 5.11 Å². The van der Waals surface area contributed by atoms with Crippen molar-refractivity contribution in [3.8, 4) is 0 Å². The Morgan fingerprint density at radius 1 is 1.47 bits per heavy atom. The molecule has 0 aliphatic rings. The average Bonchev–Trinajstić information content (AvgIpc) is 2.17. The SMILES string of the molecule is CCCCNC(=O)N(C)CC(C)C(=O)O. The van der Waals surface area contributed by atoms with Gasteiger partial charge in [-0.05, 0) is 6.42 Å². The smallest absolute Gasteiger partial charge is 0.317 e. The Kier molecular flexibility index (Phi) is 6.49. The molecule has 0 aromatic heterocycles. The molecule has 0 saturated carbocycles. The van der Waals surface area contributed by atoms with Crippen molar-refractivity contribution in [3.05, 3.63) is 0 Å². The molecule has 5 nitrogen and oxygen atoms in total. The maximum absolute atomic E-state index is 11.4. The molecule has 0 heterocycles. The minimum absolute atomic E-state index is 0.212. The summed E-state index contributed by atoms with van der Waals surface area (Å²) in [6, 6.07) is -0.212. The molecule has 1 atom stereocenters. The van der Waals surface area contributed by atoms with Crippen LogP contribution in [0, 0.1) is 5.92 Å². The zero-order valence-electron chi connectivity index (χ0n) is 9.62. The number of nitrogens with zero attached hydrogens (tertiary/aromatic N) is 1. The van der Waals surface area contributed by atoms with Crippen LogP contribution in [-0.2, 0) is 4.79 Å². The number of amides is 2. The lowest BCUT2D eigenvalue weighted by molar-refractivity contribution is -0.141. The first-order valence-electron chi connectivity index (χ1n) is 5.20. The summed E-state index contributed by atoms with van der Waals surface area (Å²) < 4.78 is 0. The summed E-state index contributed by atoms with van der Waals surface area (Å²) in [6.07, 6.45) is 1.96. The lowest BCUT2D eigenvalue weighted by Gasteiger charge is -2.19. The van der Waals surface area contributed by atoms with E-state index < -0.39 is 11.9 Å². The number of urea groups is 1. The molecular weight excluding hydrogens is 196 g/mol. The summed E-state index contributed by atoms with van der Waals surface area (Å²) in [7, 11) is 1.60. The van der Waals surface area contributed by atoms with Gasteiger partial charge in [0.2, 0.25) is 0 Å². The summed E-state index contributed by atoms with van der Waals surface area (Å²) >= 11 is 0. The number of aliphatic carboxylic acids is 1. The standard InChI is InChI=1S/C10H20N2O3/c1-4-5-6-11-10(15)12(3)7-8(2)9(13)14/h8H,4-7H2,1-3H3,(H,11,15)(H,13,14). The molecule has 0 spiro atoms. The number of rotatable bonds is 6. The van der Waals surface area contributed by atoms with E-state index in [9.17, 15) is 9.59 Å². The highest BCUT2D eigenvalue weighted by Gasteiger charge is 2.16. The molecule has 15 heavy (non-hydrogen) atoms. The van der Waals surface area contributed by atoms with Crippen LogP contribution in [0.15, 0.2) is 0 Å². The van der Waals surface area contributed by atoms with Crippen LogP contribution in [0.25, 0.3) is 0 Å². The zero-order chi connectivity index (χ0) is 11.8. The highest BCUT2D eigenvalue weighted by molar-refractivity contribution is 5.75. The van der Waals surface area contributed by atoms with Crippen molar-refractivity contribution in [3.63, 3.8) is 0 Å². The Bertz CT molecular complexity index is 219. The van der Waals surface area contributed by atoms with Gasteiger partial charge in [-0.3, -0.25) is 4.79 Å². The lowest BCUT2D eigenvalue weighted by Crippen LogP contribution is -2.41. The van der Waals surface area contributed by atoms with E-state index in [0.29, 0.717) is 6.54 Å². The van der Waals surface area contributed by atoms with E-state index in [0.717, 1.165) is 12.8 Å². The van der Waals surface area contributed by atoms with Crippen LogP contribution in [0.2, 0.25) is 0 Å². The molecule has 0 rings (SSSR count). The van der Waals surface area contributed by atoms with Crippen molar-refractivity contribution in [1.29, 1.82) is 0 Å². The minimum Gasteiger partial charge on any atom is -0.481 e. The van der Waals surface area contributed by atoms with Gasteiger partial charge >= 0.3 is 12.0 Å². The van der Waals surface area contributed by atoms with Gasteiger partial charge in [-0.15, -0.1) is 0 Å². The Labute approximate surface area is 90.5 Å². The summed E-state index contributed by atoms with van der Waals surface area (Å²) in [5, 5.41) is 11.4. The second kappa shape index (κ2) is 7.09. The monoisotopic (exact) mass is 216 g/mol. The van der Waals surface area contributed by atoms with E-state index in [1.165, 1.54) is 4.90 Å². The number of carbonyl (C=O) groups excluding carboxylic acids is 1. The molecule has 88 valence electrons. The van der Waals surface area contributed by atoms with Crippen LogP contribution in [0.1, 0.15) is 26.7 Å². The number of unbranched alkanes of at least 4 members (excludes halogenated alkanes) is 1. The summed E-state index contributed by atoms with van der Waals surface area (Å²) in [6.45, 7) is 4.49. The summed E-state index contributed by atoms with van der Waals surface area (Å²) in [5.74, 6) is -1.42. The third-order valence-corrected chi connectivity index (χ3v) is 2.12. The number of hydrogen-bond donors (Lipinski definition) is 2. The number of carbonyl (C=O) groups is 2. The van der Waals surface area contributed by atoms with Crippen molar-refractivity contribution in [2.45, 2.75) is 26.7 Å². The predicted molar refractivity (Wildman–Crippen MR) is 57.7 cm³/mol. The van der Waals surface area contributed by atoms with E-state index in [1.807, 2.05) is 6.92 Å². The van der Waals surface area contributed by atoms with Gasteiger partial charge in [0.1, 0.15) is 0 Å². The maximum Gasteiger partial charge on any atom is 0.317 e. The fraction of sp³-hybridized carbons (Fsp3) is 0.800. The molecule has 0 aromatic rings. The second-order valence-electron chi connectivity index (χ2n) is 3.71. The molecule has 2 amide bonds. The van der Waals surface area contributed by atoms with Gasteiger partial charge in [-0.1, -0.05) is 20.3 Å². The molecule has 2 N–H and O–H groups in total. The molecule has 0 bridgehead atoms. The molecular formula is C10H20N2O3. The Morgan fingerprint density at radius 3 is 2.53 bits per heavy atom. The summed E-state index contributed by atoms with van der Waals surface area (Å²) in [4.78, 5) is 23.4.